The van der Waals surface area contributed by atoms with Crippen LogP contribution in [0.4, 0.5) is 0 Å². The summed E-state index contributed by atoms with van der Waals surface area (Å²) in [7, 11) is 0. The summed E-state index contributed by atoms with van der Waals surface area (Å²) in [5.74, 6) is 0.697. The Morgan fingerprint density at radius 3 is 2.65 bits per heavy atom. The van der Waals surface area contributed by atoms with Gasteiger partial charge in [0, 0.05) is 22.4 Å². The number of aliphatic hydroxyl groups excluding tert-OH is 1. The third-order valence-electron chi connectivity index (χ3n) is 3.39. The summed E-state index contributed by atoms with van der Waals surface area (Å²) in [5.41, 5.74) is 2.86. The molecule has 0 saturated heterocycles. The Morgan fingerprint density at radius 2 is 1.87 bits per heavy atom. The van der Waals surface area contributed by atoms with E-state index in [0.717, 1.165) is 27.7 Å². The maximum atomic E-state index is 9.30. The van der Waals surface area contributed by atoms with Gasteiger partial charge in [0.1, 0.15) is 12.4 Å². The lowest BCUT2D eigenvalue weighted by Gasteiger charge is -2.08. The van der Waals surface area contributed by atoms with Crippen LogP contribution in [0.5, 0.6) is 5.75 Å². The van der Waals surface area contributed by atoms with Gasteiger partial charge in [0.05, 0.1) is 17.3 Å². The zero-order chi connectivity index (χ0) is 16.1. The number of benzene rings is 2. The first-order valence-corrected chi connectivity index (χ1v) is 8.49. The average Bonchev–Trinajstić information content (AvgIpc) is 3.03. The first-order chi connectivity index (χ1) is 11.2. The van der Waals surface area contributed by atoms with Crippen LogP contribution < -0.4 is 4.74 Å². The summed E-state index contributed by atoms with van der Waals surface area (Å²) in [6.45, 7) is 0.364. The molecule has 3 aromatic rings. The highest BCUT2D eigenvalue weighted by molar-refractivity contribution is 7.09. The third kappa shape index (κ3) is 4.32. The molecule has 0 aliphatic carbocycles. The number of aromatic nitrogens is 1. The molecule has 2 aromatic carbocycles. The Labute approximate surface area is 144 Å². The normalized spacial score (nSPS) is 10.7. The van der Waals surface area contributed by atoms with Gasteiger partial charge >= 0.3 is 0 Å². The molecule has 0 aliphatic rings. The molecular formula is C18H16ClNO2S. The highest BCUT2D eigenvalue weighted by Gasteiger charge is 2.06. The van der Waals surface area contributed by atoms with Crippen molar-refractivity contribution in [2.45, 2.75) is 19.6 Å². The topological polar surface area (TPSA) is 42.4 Å². The molecule has 0 amide bonds. The Hall–Kier alpha value is -1.88. The van der Waals surface area contributed by atoms with Crippen molar-refractivity contribution < 1.29 is 9.84 Å². The fraction of sp³-hybridized carbons (Fsp3) is 0.167. The minimum absolute atomic E-state index is 0.0327. The second-order valence-electron chi connectivity index (χ2n) is 5.09. The van der Waals surface area contributed by atoms with Crippen molar-refractivity contribution in [2.24, 2.45) is 0 Å². The van der Waals surface area contributed by atoms with Gasteiger partial charge in [0.2, 0.25) is 0 Å². The van der Waals surface area contributed by atoms with Crippen molar-refractivity contribution in [1.82, 2.24) is 4.98 Å². The fourth-order valence-electron chi connectivity index (χ4n) is 2.20. The van der Waals surface area contributed by atoms with Crippen LogP contribution in [0.1, 0.15) is 21.8 Å². The van der Waals surface area contributed by atoms with Crippen molar-refractivity contribution >= 4 is 22.9 Å². The van der Waals surface area contributed by atoms with Crippen molar-refractivity contribution in [1.29, 1.82) is 0 Å². The molecule has 1 aromatic heterocycles. The van der Waals surface area contributed by atoms with Gasteiger partial charge < -0.3 is 9.84 Å². The summed E-state index contributed by atoms with van der Waals surface area (Å²) in [6.07, 6.45) is 0.787. The molecule has 0 radical (unpaired) electrons. The number of aliphatic hydroxyl groups is 1. The van der Waals surface area contributed by atoms with Crippen LogP contribution in [-0.2, 0) is 19.6 Å². The largest absolute Gasteiger partial charge is 0.487 e. The average molecular weight is 346 g/mol. The molecule has 0 atom stereocenters. The molecule has 1 N–H and O–H groups in total. The maximum absolute atomic E-state index is 9.30. The van der Waals surface area contributed by atoms with Crippen molar-refractivity contribution in [3.05, 3.63) is 80.8 Å². The maximum Gasteiger partial charge on any atom is 0.131 e. The number of ether oxygens (including phenoxy) is 1. The van der Waals surface area contributed by atoms with E-state index in [-0.39, 0.29) is 6.61 Å². The molecule has 23 heavy (non-hydrogen) atoms. The van der Waals surface area contributed by atoms with Crippen LogP contribution in [0.25, 0.3) is 0 Å². The summed E-state index contributed by atoms with van der Waals surface area (Å²) in [5, 5.41) is 13.1. The molecule has 0 unspecified atom stereocenters. The summed E-state index contributed by atoms with van der Waals surface area (Å²) in [4.78, 5) is 4.60. The zero-order valence-corrected chi connectivity index (χ0v) is 14.0. The van der Waals surface area contributed by atoms with E-state index in [1.807, 2.05) is 53.9 Å². The van der Waals surface area contributed by atoms with Gasteiger partial charge in [-0.3, -0.25) is 0 Å². The third-order valence-corrected chi connectivity index (χ3v) is 4.54. The predicted octanol–water partition coefficient (Wildman–Crippen LogP) is 4.46. The van der Waals surface area contributed by atoms with Gasteiger partial charge in [-0.25, -0.2) is 4.98 Å². The molecule has 3 rings (SSSR count). The first-order valence-electron chi connectivity index (χ1n) is 7.24. The molecule has 0 spiro atoms. The van der Waals surface area contributed by atoms with Crippen LogP contribution >= 0.6 is 22.9 Å². The smallest absolute Gasteiger partial charge is 0.131 e. The van der Waals surface area contributed by atoms with E-state index in [2.05, 4.69) is 4.98 Å². The van der Waals surface area contributed by atoms with E-state index >= 15 is 0 Å². The summed E-state index contributed by atoms with van der Waals surface area (Å²) in [6, 6.07) is 15.3. The Morgan fingerprint density at radius 1 is 1.09 bits per heavy atom. The number of nitrogens with zero attached hydrogens (tertiary/aromatic N) is 1. The lowest BCUT2D eigenvalue weighted by atomic mass is 10.2. The van der Waals surface area contributed by atoms with Crippen LogP contribution in [0.3, 0.4) is 0 Å². The second-order valence-corrected chi connectivity index (χ2v) is 6.47. The van der Waals surface area contributed by atoms with Crippen LogP contribution in [0.15, 0.2) is 53.9 Å². The van der Waals surface area contributed by atoms with E-state index in [4.69, 9.17) is 16.3 Å². The number of thiazole rings is 1. The number of hydrogen-bond acceptors (Lipinski definition) is 4. The van der Waals surface area contributed by atoms with Crippen LogP contribution in [-0.4, -0.2) is 10.1 Å². The molecule has 5 heteroatoms. The Kier molecular flexibility index (Phi) is 5.28. The minimum Gasteiger partial charge on any atom is -0.487 e. The van der Waals surface area contributed by atoms with Gasteiger partial charge in [-0.15, -0.1) is 11.3 Å². The lowest BCUT2D eigenvalue weighted by molar-refractivity contribution is 0.257. The monoisotopic (exact) mass is 345 g/mol. The standard InChI is InChI=1S/C18H16ClNO2S/c19-15-7-5-13(6-8-15)9-18-20-16(12-23-18)11-22-17-4-2-1-3-14(17)10-21/h1-8,12,21H,9-11H2. The minimum atomic E-state index is -0.0327. The molecule has 118 valence electrons. The second kappa shape index (κ2) is 7.59. The van der Waals surface area contributed by atoms with Crippen LogP contribution in [0, 0.1) is 0 Å². The van der Waals surface area contributed by atoms with E-state index < -0.39 is 0 Å². The molecule has 1 heterocycles. The van der Waals surface area contributed by atoms with E-state index in [9.17, 15) is 5.11 Å². The van der Waals surface area contributed by atoms with Gasteiger partial charge in [0.25, 0.3) is 0 Å². The van der Waals surface area contributed by atoms with E-state index in [1.54, 1.807) is 11.3 Å². The number of halogens is 1. The number of para-hydroxylation sites is 1. The van der Waals surface area contributed by atoms with E-state index in [0.29, 0.717) is 12.4 Å². The quantitative estimate of drug-likeness (QED) is 0.717. The number of hydrogen-bond donors (Lipinski definition) is 1. The van der Waals surface area contributed by atoms with Crippen LogP contribution in [0.2, 0.25) is 5.02 Å². The van der Waals surface area contributed by atoms with E-state index in [1.165, 1.54) is 5.56 Å². The lowest BCUT2D eigenvalue weighted by Crippen LogP contribution is -1.99. The predicted molar refractivity (Wildman–Crippen MR) is 93.1 cm³/mol. The first kappa shape index (κ1) is 16.0. The highest BCUT2D eigenvalue weighted by atomic mass is 35.5. The van der Waals surface area contributed by atoms with Crippen molar-refractivity contribution in [3.8, 4) is 5.75 Å². The molecular weight excluding hydrogens is 330 g/mol. The fourth-order valence-corrected chi connectivity index (χ4v) is 3.14. The van der Waals surface area contributed by atoms with Crippen molar-refractivity contribution in [3.63, 3.8) is 0 Å². The zero-order valence-electron chi connectivity index (χ0n) is 12.4. The number of rotatable bonds is 6. The van der Waals surface area contributed by atoms with Gasteiger partial charge in [-0.1, -0.05) is 41.9 Å². The SMILES string of the molecule is OCc1ccccc1OCc1csc(Cc2ccc(Cl)cc2)n1. The molecule has 0 fully saturated rings. The van der Waals surface area contributed by atoms with Gasteiger partial charge in [-0.05, 0) is 23.8 Å². The molecule has 0 aliphatic heterocycles. The summed E-state index contributed by atoms with van der Waals surface area (Å²) < 4.78 is 5.76. The van der Waals surface area contributed by atoms with Crippen molar-refractivity contribution in [2.75, 3.05) is 0 Å². The Bertz CT molecular complexity index is 771. The highest BCUT2D eigenvalue weighted by Crippen LogP contribution is 2.21. The summed E-state index contributed by atoms with van der Waals surface area (Å²) >= 11 is 7.52. The van der Waals surface area contributed by atoms with Gasteiger partial charge in [0.15, 0.2) is 0 Å². The Balaban J connectivity index is 1.62. The molecule has 0 saturated carbocycles. The molecule has 3 nitrogen and oxygen atoms in total. The molecule has 0 bridgehead atoms. The van der Waals surface area contributed by atoms with Gasteiger partial charge in [-0.2, -0.15) is 0 Å².